The van der Waals surface area contributed by atoms with E-state index in [0.717, 1.165) is 4.90 Å². The lowest BCUT2D eigenvalue weighted by atomic mass is 10.4. The maximum absolute atomic E-state index is 11.1. The molecule has 0 aliphatic carbocycles. The van der Waals surface area contributed by atoms with Crippen molar-refractivity contribution < 1.29 is 14.4 Å². The molecule has 0 N–H and O–H groups in total. The van der Waals surface area contributed by atoms with Crippen LogP contribution in [0.2, 0.25) is 0 Å². The lowest BCUT2D eigenvalue weighted by Crippen LogP contribution is -2.31. The van der Waals surface area contributed by atoms with Crippen LogP contribution in [0.15, 0.2) is 0 Å². The zero-order chi connectivity index (χ0) is 9.14. The summed E-state index contributed by atoms with van der Waals surface area (Å²) < 4.78 is 0. The van der Waals surface area contributed by atoms with Gasteiger partial charge in [-0.25, -0.2) is 0 Å². The number of amides is 2. The van der Waals surface area contributed by atoms with Gasteiger partial charge in [0.2, 0.25) is 11.8 Å². The van der Waals surface area contributed by atoms with E-state index in [4.69, 9.17) is 0 Å². The monoisotopic (exact) mass is 187 g/mol. The normalized spacial score (nSPS) is 23.4. The molecule has 2 amide bonds. The van der Waals surface area contributed by atoms with E-state index >= 15 is 0 Å². The number of rotatable bonds is 3. The van der Waals surface area contributed by atoms with Gasteiger partial charge in [-0.15, -0.1) is 0 Å². The number of thiol groups is 1. The molecule has 0 aromatic rings. The van der Waals surface area contributed by atoms with Crippen molar-refractivity contribution in [2.45, 2.75) is 18.1 Å². The first-order chi connectivity index (χ1) is 5.66. The van der Waals surface area contributed by atoms with Gasteiger partial charge in [-0.3, -0.25) is 14.5 Å². The highest BCUT2D eigenvalue weighted by Gasteiger charge is 2.35. The summed E-state index contributed by atoms with van der Waals surface area (Å²) in [6.07, 6.45) is 1.05. The molecule has 1 atom stereocenters. The van der Waals surface area contributed by atoms with E-state index < -0.39 is 5.25 Å². The van der Waals surface area contributed by atoms with Crippen LogP contribution in [0.5, 0.6) is 0 Å². The van der Waals surface area contributed by atoms with Crippen LogP contribution in [0.4, 0.5) is 0 Å². The Kier molecular flexibility index (Phi) is 2.86. The molecule has 1 unspecified atom stereocenters. The first-order valence-corrected chi connectivity index (χ1v) is 4.14. The van der Waals surface area contributed by atoms with E-state index in [1.165, 1.54) is 0 Å². The zero-order valence-electron chi connectivity index (χ0n) is 6.40. The van der Waals surface area contributed by atoms with E-state index in [1.54, 1.807) is 0 Å². The number of hydrogen-bond acceptors (Lipinski definition) is 4. The molecule has 12 heavy (non-hydrogen) atoms. The summed E-state index contributed by atoms with van der Waals surface area (Å²) in [6.45, 7) is 0.193. The predicted molar refractivity (Wildman–Crippen MR) is 44.8 cm³/mol. The molecule has 1 aliphatic rings. The van der Waals surface area contributed by atoms with Gasteiger partial charge in [0.05, 0.1) is 5.25 Å². The smallest absolute Gasteiger partial charge is 0.242 e. The number of nitrogens with zero attached hydrogens (tertiary/aromatic N) is 1. The second-order valence-electron chi connectivity index (χ2n) is 2.56. The summed E-state index contributed by atoms with van der Waals surface area (Å²) in [7, 11) is 0. The molecule has 5 heteroatoms. The highest BCUT2D eigenvalue weighted by molar-refractivity contribution is 7.81. The minimum atomic E-state index is -0.510. The number of likely N-dealkylation sites (tertiary alicyclic amines) is 1. The second-order valence-corrected chi connectivity index (χ2v) is 3.18. The third-order valence-electron chi connectivity index (χ3n) is 1.69. The molecule has 0 spiro atoms. The molecule has 1 rings (SSSR count). The van der Waals surface area contributed by atoms with E-state index in [9.17, 15) is 14.4 Å². The molecular formula is C7H9NO3S. The summed E-state index contributed by atoms with van der Waals surface area (Å²) >= 11 is 3.93. The van der Waals surface area contributed by atoms with E-state index in [-0.39, 0.29) is 31.2 Å². The Balaban J connectivity index is 2.57. The van der Waals surface area contributed by atoms with Crippen molar-refractivity contribution >= 4 is 30.7 Å². The Hall–Kier alpha value is -0.840. The van der Waals surface area contributed by atoms with E-state index in [2.05, 4.69) is 12.6 Å². The summed E-state index contributed by atoms with van der Waals surface area (Å²) in [5.41, 5.74) is 0. The molecule has 1 fully saturated rings. The number of aldehydes is 1. The number of carbonyl (C=O) groups excluding carboxylic acids is 3. The van der Waals surface area contributed by atoms with Gasteiger partial charge in [-0.2, -0.15) is 12.6 Å². The quantitative estimate of drug-likeness (QED) is 0.372. The van der Waals surface area contributed by atoms with Gasteiger partial charge < -0.3 is 4.79 Å². The minimum Gasteiger partial charge on any atom is -0.303 e. The maximum atomic E-state index is 11.1. The van der Waals surface area contributed by atoms with Gasteiger partial charge in [-0.05, 0) is 0 Å². The first kappa shape index (κ1) is 9.25. The Morgan fingerprint density at radius 1 is 1.58 bits per heavy atom. The third-order valence-corrected chi connectivity index (χ3v) is 2.09. The van der Waals surface area contributed by atoms with Crippen LogP contribution in [0.3, 0.4) is 0 Å². The van der Waals surface area contributed by atoms with Crippen molar-refractivity contribution in [1.29, 1.82) is 0 Å². The predicted octanol–water partition coefficient (Wildman–Crippen LogP) is -0.367. The minimum absolute atomic E-state index is 0.154. The Labute approximate surface area is 75.3 Å². The van der Waals surface area contributed by atoms with Gasteiger partial charge in [0, 0.05) is 19.4 Å². The van der Waals surface area contributed by atoms with Gasteiger partial charge in [0.25, 0.3) is 0 Å². The van der Waals surface area contributed by atoms with Crippen LogP contribution in [-0.4, -0.2) is 34.8 Å². The van der Waals surface area contributed by atoms with Crippen molar-refractivity contribution in [2.75, 3.05) is 6.54 Å². The summed E-state index contributed by atoms with van der Waals surface area (Å²) in [5, 5.41) is -0.510. The third kappa shape index (κ3) is 1.66. The van der Waals surface area contributed by atoms with Crippen LogP contribution >= 0.6 is 12.6 Å². The van der Waals surface area contributed by atoms with Crippen molar-refractivity contribution in [3.63, 3.8) is 0 Å². The van der Waals surface area contributed by atoms with Gasteiger partial charge in [0.1, 0.15) is 6.29 Å². The van der Waals surface area contributed by atoms with Gasteiger partial charge in [-0.1, -0.05) is 0 Å². The number of carbonyl (C=O) groups is 3. The molecule has 0 saturated carbocycles. The molecular weight excluding hydrogens is 178 g/mol. The number of imide groups is 1. The fourth-order valence-electron chi connectivity index (χ4n) is 1.08. The molecule has 4 nitrogen and oxygen atoms in total. The van der Waals surface area contributed by atoms with Gasteiger partial charge >= 0.3 is 0 Å². The molecule has 0 radical (unpaired) electrons. The molecule has 0 bridgehead atoms. The molecule has 1 saturated heterocycles. The van der Waals surface area contributed by atoms with Crippen LogP contribution in [0, 0.1) is 0 Å². The fourth-order valence-corrected chi connectivity index (χ4v) is 1.38. The van der Waals surface area contributed by atoms with E-state index in [1.807, 2.05) is 0 Å². The van der Waals surface area contributed by atoms with E-state index in [0.29, 0.717) is 6.29 Å². The number of hydrogen-bond donors (Lipinski definition) is 1. The fraction of sp³-hybridized carbons (Fsp3) is 0.571. The second kappa shape index (κ2) is 3.71. The average Bonchev–Trinajstić information content (AvgIpc) is 2.25. The summed E-state index contributed by atoms with van der Waals surface area (Å²) in [5.74, 6) is -0.521. The van der Waals surface area contributed by atoms with Crippen LogP contribution in [-0.2, 0) is 14.4 Å². The summed E-state index contributed by atoms with van der Waals surface area (Å²) in [6, 6.07) is 0. The highest BCUT2D eigenvalue weighted by Crippen LogP contribution is 2.17. The lowest BCUT2D eigenvalue weighted by molar-refractivity contribution is -0.138. The average molecular weight is 187 g/mol. The molecule has 1 aliphatic heterocycles. The van der Waals surface area contributed by atoms with Crippen molar-refractivity contribution in [3.8, 4) is 0 Å². The topological polar surface area (TPSA) is 54.5 Å². The van der Waals surface area contributed by atoms with Crippen LogP contribution < -0.4 is 0 Å². The Morgan fingerprint density at radius 3 is 2.67 bits per heavy atom. The van der Waals surface area contributed by atoms with Crippen LogP contribution in [0.25, 0.3) is 0 Å². The van der Waals surface area contributed by atoms with Crippen molar-refractivity contribution in [3.05, 3.63) is 0 Å². The standard InChI is InChI=1S/C7H9NO3S/c9-3-1-2-8-6(10)4-5(12)7(8)11/h3,5,12H,1-2,4H2. The SMILES string of the molecule is O=CCCN1C(=O)CC(S)C1=O. The Morgan fingerprint density at radius 2 is 2.25 bits per heavy atom. The Bertz CT molecular complexity index is 229. The molecule has 66 valence electrons. The molecule has 0 aromatic heterocycles. The van der Waals surface area contributed by atoms with Crippen molar-refractivity contribution in [2.24, 2.45) is 0 Å². The molecule has 1 heterocycles. The van der Waals surface area contributed by atoms with Gasteiger partial charge in [0.15, 0.2) is 0 Å². The maximum Gasteiger partial charge on any atom is 0.242 e. The largest absolute Gasteiger partial charge is 0.303 e. The molecule has 0 aromatic carbocycles. The zero-order valence-corrected chi connectivity index (χ0v) is 7.29. The van der Waals surface area contributed by atoms with Crippen LogP contribution in [0.1, 0.15) is 12.8 Å². The highest BCUT2D eigenvalue weighted by atomic mass is 32.1. The summed E-state index contributed by atoms with van der Waals surface area (Å²) in [4.78, 5) is 33.3. The lowest BCUT2D eigenvalue weighted by Gasteiger charge is -2.11. The first-order valence-electron chi connectivity index (χ1n) is 3.62. The van der Waals surface area contributed by atoms with Crippen molar-refractivity contribution in [1.82, 2.24) is 4.90 Å².